The molecule has 0 saturated heterocycles. The zero-order valence-electron chi connectivity index (χ0n) is 22.9. The van der Waals surface area contributed by atoms with E-state index in [9.17, 15) is 31.9 Å². The number of halogens is 4. The predicted molar refractivity (Wildman–Crippen MR) is 143 cm³/mol. The van der Waals surface area contributed by atoms with Crippen LogP contribution in [0.4, 0.5) is 23.2 Å². The number of carboxylic acid groups (broad SMARTS) is 1. The van der Waals surface area contributed by atoms with E-state index in [-0.39, 0.29) is 30.0 Å². The number of carbonyl (C=O) groups excluding carboxylic acids is 2. The summed E-state index contributed by atoms with van der Waals surface area (Å²) in [4.78, 5) is 36.4. The van der Waals surface area contributed by atoms with Crippen molar-refractivity contribution in [3.05, 3.63) is 65.0 Å². The Hall–Kier alpha value is -3.43. The van der Waals surface area contributed by atoms with E-state index in [0.717, 1.165) is 43.4 Å². The highest BCUT2D eigenvalue weighted by atomic mass is 19.4. The van der Waals surface area contributed by atoms with Gasteiger partial charge in [0.2, 0.25) is 5.91 Å². The molecule has 218 valence electrons. The number of benzene rings is 2. The van der Waals surface area contributed by atoms with Crippen LogP contribution in [0.2, 0.25) is 0 Å². The first kappa shape index (κ1) is 31.1. The van der Waals surface area contributed by atoms with Gasteiger partial charge in [0.25, 0.3) is 5.91 Å². The van der Waals surface area contributed by atoms with Crippen molar-refractivity contribution in [2.45, 2.75) is 65.5 Å². The number of carboxylic acids is 1. The van der Waals surface area contributed by atoms with Crippen molar-refractivity contribution >= 4 is 23.5 Å². The number of nitrogens with one attached hydrogen (secondary N) is 2. The van der Waals surface area contributed by atoms with Gasteiger partial charge in [0.15, 0.2) is 0 Å². The van der Waals surface area contributed by atoms with Gasteiger partial charge in [0, 0.05) is 23.7 Å². The van der Waals surface area contributed by atoms with Crippen LogP contribution in [0, 0.1) is 29.0 Å². The van der Waals surface area contributed by atoms with E-state index in [0.29, 0.717) is 24.0 Å². The molecule has 6 nitrogen and oxygen atoms in total. The van der Waals surface area contributed by atoms with Gasteiger partial charge >= 0.3 is 12.1 Å². The van der Waals surface area contributed by atoms with Crippen molar-refractivity contribution in [1.29, 1.82) is 0 Å². The summed E-state index contributed by atoms with van der Waals surface area (Å²) in [6.07, 6.45) is -1.26. The van der Waals surface area contributed by atoms with Crippen molar-refractivity contribution in [2.24, 2.45) is 23.2 Å². The van der Waals surface area contributed by atoms with Crippen LogP contribution in [0.15, 0.2) is 42.5 Å². The maximum Gasteiger partial charge on any atom is 0.416 e. The third kappa shape index (κ3) is 8.79. The van der Waals surface area contributed by atoms with E-state index in [1.807, 2.05) is 0 Å². The molecule has 2 aromatic rings. The minimum absolute atomic E-state index is 0.00840. The standard InChI is InChI=1S/C30H36F4N2O4/c1-29(2,3)21-10-8-19(9-11-21)25(28(40)36-24-16-22(30(32,33)34)15-23(31)17-24)14-18-4-6-20(7-5-18)27(39)35-13-12-26(37)38/h4-7,15-17,19,21,25H,8-14H2,1-3H3,(H,35,39)(H,36,40)(H,37,38). The monoisotopic (exact) mass is 564 g/mol. The van der Waals surface area contributed by atoms with Crippen LogP contribution in [-0.4, -0.2) is 29.4 Å². The molecule has 1 unspecified atom stereocenters. The van der Waals surface area contributed by atoms with Gasteiger partial charge in [-0.25, -0.2) is 4.39 Å². The Kier molecular flexibility index (Phi) is 9.97. The molecule has 1 aliphatic rings. The summed E-state index contributed by atoms with van der Waals surface area (Å²) in [5.74, 6) is -3.12. The van der Waals surface area contributed by atoms with Gasteiger partial charge in [-0.3, -0.25) is 14.4 Å². The number of carbonyl (C=O) groups is 3. The number of rotatable bonds is 9. The minimum atomic E-state index is -4.76. The first-order chi connectivity index (χ1) is 18.6. The molecule has 1 fully saturated rings. The SMILES string of the molecule is CC(C)(C)C1CCC(C(Cc2ccc(C(=O)NCCC(=O)O)cc2)C(=O)Nc2cc(F)cc(C(F)(F)F)c2)CC1. The number of hydrogen-bond donors (Lipinski definition) is 3. The lowest BCUT2D eigenvalue weighted by Gasteiger charge is -2.39. The summed E-state index contributed by atoms with van der Waals surface area (Å²) in [7, 11) is 0. The first-order valence-electron chi connectivity index (χ1n) is 13.4. The highest BCUT2D eigenvalue weighted by Crippen LogP contribution is 2.43. The predicted octanol–water partition coefficient (Wildman–Crippen LogP) is 6.70. The van der Waals surface area contributed by atoms with Gasteiger partial charge < -0.3 is 15.7 Å². The number of aliphatic carboxylic acids is 1. The lowest BCUT2D eigenvalue weighted by atomic mass is 9.66. The van der Waals surface area contributed by atoms with Gasteiger partial charge in [-0.15, -0.1) is 0 Å². The van der Waals surface area contributed by atoms with Gasteiger partial charge in [-0.2, -0.15) is 13.2 Å². The molecule has 0 aromatic heterocycles. The number of anilines is 1. The quantitative estimate of drug-likeness (QED) is 0.296. The van der Waals surface area contributed by atoms with Gasteiger partial charge in [0.1, 0.15) is 5.82 Å². The highest BCUT2D eigenvalue weighted by molar-refractivity contribution is 5.94. The number of amides is 2. The normalized spacial score (nSPS) is 18.6. The second-order valence-electron chi connectivity index (χ2n) is 11.6. The fraction of sp³-hybridized carbons (Fsp3) is 0.500. The molecule has 0 radical (unpaired) electrons. The lowest BCUT2D eigenvalue weighted by Crippen LogP contribution is -2.35. The van der Waals surface area contributed by atoms with Gasteiger partial charge in [-0.05, 0) is 85.3 Å². The van der Waals surface area contributed by atoms with Crippen molar-refractivity contribution in [3.63, 3.8) is 0 Å². The van der Waals surface area contributed by atoms with E-state index in [1.165, 1.54) is 0 Å². The van der Waals surface area contributed by atoms with Crippen LogP contribution in [0.3, 0.4) is 0 Å². The average Bonchev–Trinajstić information content (AvgIpc) is 2.86. The van der Waals surface area contributed by atoms with Crippen molar-refractivity contribution in [3.8, 4) is 0 Å². The summed E-state index contributed by atoms with van der Waals surface area (Å²) in [6, 6.07) is 8.57. The topological polar surface area (TPSA) is 95.5 Å². The molecule has 2 amide bonds. The van der Waals surface area contributed by atoms with Crippen molar-refractivity contribution < 1.29 is 37.1 Å². The lowest BCUT2D eigenvalue weighted by molar-refractivity contribution is -0.138. The molecule has 1 saturated carbocycles. The first-order valence-corrected chi connectivity index (χ1v) is 13.4. The van der Waals surface area contributed by atoms with Crippen LogP contribution >= 0.6 is 0 Å². The molecule has 1 atom stereocenters. The molecule has 0 aliphatic heterocycles. The van der Waals surface area contributed by atoms with Crippen LogP contribution in [0.5, 0.6) is 0 Å². The molecule has 10 heteroatoms. The van der Waals surface area contributed by atoms with E-state index < -0.39 is 41.3 Å². The highest BCUT2D eigenvalue weighted by Gasteiger charge is 2.36. The fourth-order valence-electron chi connectivity index (χ4n) is 5.35. The summed E-state index contributed by atoms with van der Waals surface area (Å²) in [6.45, 7) is 6.54. The summed E-state index contributed by atoms with van der Waals surface area (Å²) < 4.78 is 53.6. The largest absolute Gasteiger partial charge is 0.481 e. The Morgan fingerprint density at radius 1 is 0.975 bits per heavy atom. The second-order valence-corrected chi connectivity index (χ2v) is 11.6. The summed E-state index contributed by atoms with van der Waals surface area (Å²) >= 11 is 0. The molecule has 0 bridgehead atoms. The Labute approximate surface area is 231 Å². The second kappa shape index (κ2) is 12.8. The smallest absolute Gasteiger partial charge is 0.416 e. The molecule has 2 aromatic carbocycles. The van der Waals surface area contributed by atoms with Gasteiger partial charge in [0.05, 0.1) is 12.0 Å². The Morgan fingerprint density at radius 3 is 2.15 bits per heavy atom. The molecule has 3 rings (SSSR count). The molecule has 40 heavy (non-hydrogen) atoms. The molecule has 0 heterocycles. The molecule has 0 spiro atoms. The minimum Gasteiger partial charge on any atom is -0.481 e. The summed E-state index contributed by atoms with van der Waals surface area (Å²) in [5.41, 5.74) is -0.212. The van der Waals surface area contributed by atoms with E-state index >= 15 is 0 Å². The maximum atomic E-state index is 14.0. The number of alkyl halides is 3. The fourth-order valence-corrected chi connectivity index (χ4v) is 5.35. The number of hydrogen-bond acceptors (Lipinski definition) is 3. The molecule has 1 aliphatic carbocycles. The maximum absolute atomic E-state index is 14.0. The Bertz CT molecular complexity index is 1200. The zero-order valence-corrected chi connectivity index (χ0v) is 22.9. The Morgan fingerprint density at radius 2 is 1.60 bits per heavy atom. The van der Waals surface area contributed by atoms with Crippen LogP contribution < -0.4 is 10.6 Å². The van der Waals surface area contributed by atoms with Crippen LogP contribution in [0.1, 0.15) is 74.4 Å². The molecular formula is C30H36F4N2O4. The van der Waals surface area contributed by atoms with E-state index in [1.54, 1.807) is 24.3 Å². The van der Waals surface area contributed by atoms with Gasteiger partial charge in [-0.1, -0.05) is 32.9 Å². The zero-order chi connectivity index (χ0) is 29.7. The van der Waals surface area contributed by atoms with E-state index in [4.69, 9.17) is 5.11 Å². The van der Waals surface area contributed by atoms with Crippen LogP contribution in [0.25, 0.3) is 0 Å². The van der Waals surface area contributed by atoms with Crippen LogP contribution in [-0.2, 0) is 22.2 Å². The summed E-state index contributed by atoms with van der Waals surface area (Å²) in [5, 5.41) is 13.8. The molecular weight excluding hydrogens is 528 g/mol. The molecule has 3 N–H and O–H groups in total. The average molecular weight is 565 g/mol. The van der Waals surface area contributed by atoms with Crippen molar-refractivity contribution in [1.82, 2.24) is 5.32 Å². The third-order valence-electron chi connectivity index (χ3n) is 7.69. The Balaban J connectivity index is 1.79. The van der Waals surface area contributed by atoms with Crippen molar-refractivity contribution in [2.75, 3.05) is 11.9 Å². The van der Waals surface area contributed by atoms with E-state index in [2.05, 4.69) is 31.4 Å². The third-order valence-corrected chi connectivity index (χ3v) is 7.69.